The van der Waals surface area contributed by atoms with Crippen LogP contribution in [-0.2, 0) is 14.3 Å². The molecule has 0 aliphatic carbocycles. The number of aromatic nitrogens is 1. The van der Waals surface area contributed by atoms with Crippen molar-refractivity contribution in [3.05, 3.63) is 30.5 Å². The minimum Gasteiger partial charge on any atom is -0.286 e. The van der Waals surface area contributed by atoms with Gasteiger partial charge in [-0.3, -0.25) is 13.5 Å². The van der Waals surface area contributed by atoms with Crippen molar-refractivity contribution in [1.82, 2.24) is 4.57 Å². The molecule has 0 unspecified atom stereocenters. The SMILES string of the molecule is COS(=O)(=O)c1cccc2ccn(C(C)=O)c12. The van der Waals surface area contributed by atoms with Crippen LogP contribution in [0.5, 0.6) is 0 Å². The molecule has 0 aliphatic rings. The lowest BCUT2D eigenvalue weighted by Crippen LogP contribution is -2.09. The summed E-state index contributed by atoms with van der Waals surface area (Å²) in [5.74, 6) is -0.251. The lowest BCUT2D eigenvalue weighted by atomic mass is 10.2. The molecule has 0 amide bonds. The molecule has 0 radical (unpaired) electrons. The summed E-state index contributed by atoms with van der Waals surface area (Å²) in [6.07, 6.45) is 1.54. The first-order chi connectivity index (χ1) is 7.97. The topological polar surface area (TPSA) is 65.4 Å². The van der Waals surface area contributed by atoms with Gasteiger partial charge in [0.1, 0.15) is 4.90 Å². The van der Waals surface area contributed by atoms with E-state index in [-0.39, 0.29) is 10.8 Å². The van der Waals surface area contributed by atoms with Gasteiger partial charge in [0.25, 0.3) is 10.1 Å². The molecular formula is C11H11NO4S. The highest BCUT2D eigenvalue weighted by Gasteiger charge is 2.20. The number of carbonyl (C=O) groups excluding carboxylic acids is 1. The van der Waals surface area contributed by atoms with Crippen molar-refractivity contribution in [1.29, 1.82) is 0 Å². The zero-order valence-electron chi connectivity index (χ0n) is 9.38. The maximum Gasteiger partial charge on any atom is 0.298 e. The molecule has 1 heterocycles. The lowest BCUT2D eigenvalue weighted by molar-refractivity contribution is 0.0941. The fraction of sp³-hybridized carbons (Fsp3) is 0.182. The molecule has 90 valence electrons. The minimum atomic E-state index is -3.82. The Kier molecular flexibility index (Phi) is 2.76. The van der Waals surface area contributed by atoms with Gasteiger partial charge in [0, 0.05) is 18.5 Å². The summed E-state index contributed by atoms with van der Waals surface area (Å²) < 4.78 is 29.3. The molecular weight excluding hydrogens is 242 g/mol. The van der Waals surface area contributed by atoms with Crippen LogP contribution >= 0.6 is 0 Å². The highest BCUT2D eigenvalue weighted by Crippen LogP contribution is 2.25. The molecule has 0 aliphatic heterocycles. The van der Waals surface area contributed by atoms with E-state index in [1.165, 1.54) is 17.6 Å². The minimum absolute atomic E-state index is 0.00213. The predicted molar refractivity (Wildman–Crippen MR) is 62.4 cm³/mol. The second-order valence-corrected chi connectivity index (χ2v) is 5.20. The highest BCUT2D eigenvalue weighted by molar-refractivity contribution is 7.87. The van der Waals surface area contributed by atoms with Gasteiger partial charge in [-0.2, -0.15) is 8.42 Å². The number of benzene rings is 1. The van der Waals surface area contributed by atoms with Gasteiger partial charge in [0.15, 0.2) is 0 Å². The van der Waals surface area contributed by atoms with Crippen molar-refractivity contribution >= 4 is 26.9 Å². The Hall–Kier alpha value is -1.66. The summed E-state index contributed by atoms with van der Waals surface area (Å²) in [5.41, 5.74) is 0.349. The maximum absolute atomic E-state index is 11.7. The van der Waals surface area contributed by atoms with Crippen molar-refractivity contribution in [2.24, 2.45) is 0 Å². The normalized spacial score (nSPS) is 11.9. The van der Waals surface area contributed by atoms with Crippen LogP contribution in [-0.4, -0.2) is 26.0 Å². The Morgan fingerprint density at radius 3 is 2.59 bits per heavy atom. The summed E-state index contributed by atoms with van der Waals surface area (Å²) >= 11 is 0. The van der Waals surface area contributed by atoms with Crippen molar-refractivity contribution in [3.8, 4) is 0 Å². The third kappa shape index (κ3) is 1.85. The number of fused-ring (bicyclic) bond motifs is 1. The van der Waals surface area contributed by atoms with Crippen LogP contribution in [0.1, 0.15) is 11.7 Å². The molecule has 2 aromatic rings. The fourth-order valence-corrected chi connectivity index (χ4v) is 2.59. The van der Waals surface area contributed by atoms with Gasteiger partial charge in [0.2, 0.25) is 5.91 Å². The van der Waals surface area contributed by atoms with Crippen molar-refractivity contribution in [2.45, 2.75) is 11.8 Å². The zero-order chi connectivity index (χ0) is 12.6. The number of hydrogen-bond acceptors (Lipinski definition) is 4. The number of rotatable bonds is 2. The van der Waals surface area contributed by atoms with Gasteiger partial charge in [-0.1, -0.05) is 12.1 Å². The molecule has 0 saturated heterocycles. The van der Waals surface area contributed by atoms with Crippen LogP contribution in [0.15, 0.2) is 35.4 Å². The van der Waals surface area contributed by atoms with E-state index in [1.54, 1.807) is 24.4 Å². The van der Waals surface area contributed by atoms with Crippen LogP contribution in [0.25, 0.3) is 10.9 Å². The smallest absolute Gasteiger partial charge is 0.286 e. The average Bonchev–Trinajstić information content (AvgIpc) is 2.72. The van der Waals surface area contributed by atoms with E-state index in [9.17, 15) is 13.2 Å². The van der Waals surface area contributed by atoms with Crippen LogP contribution in [0.2, 0.25) is 0 Å². The van der Waals surface area contributed by atoms with E-state index in [0.717, 1.165) is 7.11 Å². The number of hydrogen-bond donors (Lipinski definition) is 0. The summed E-state index contributed by atoms with van der Waals surface area (Å²) in [4.78, 5) is 11.4. The molecule has 2 rings (SSSR count). The van der Waals surface area contributed by atoms with E-state index < -0.39 is 10.1 Å². The second-order valence-electron chi connectivity index (χ2n) is 3.52. The number of para-hydroxylation sites is 1. The Labute approximate surface area is 98.7 Å². The Morgan fingerprint density at radius 1 is 1.29 bits per heavy atom. The first-order valence-corrected chi connectivity index (χ1v) is 6.30. The van der Waals surface area contributed by atoms with Crippen LogP contribution in [0.3, 0.4) is 0 Å². The molecule has 0 spiro atoms. The van der Waals surface area contributed by atoms with Gasteiger partial charge < -0.3 is 0 Å². The molecule has 1 aromatic carbocycles. The Morgan fingerprint density at radius 2 is 2.00 bits per heavy atom. The first-order valence-electron chi connectivity index (χ1n) is 4.89. The van der Waals surface area contributed by atoms with Crippen molar-refractivity contribution in [3.63, 3.8) is 0 Å². The number of carbonyl (C=O) groups is 1. The van der Waals surface area contributed by atoms with E-state index in [4.69, 9.17) is 0 Å². The summed E-state index contributed by atoms with van der Waals surface area (Å²) in [6.45, 7) is 1.37. The summed E-state index contributed by atoms with van der Waals surface area (Å²) in [7, 11) is -2.73. The van der Waals surface area contributed by atoms with Crippen molar-refractivity contribution in [2.75, 3.05) is 7.11 Å². The molecule has 5 nitrogen and oxygen atoms in total. The van der Waals surface area contributed by atoms with Crippen LogP contribution in [0.4, 0.5) is 0 Å². The average molecular weight is 253 g/mol. The molecule has 17 heavy (non-hydrogen) atoms. The molecule has 0 bridgehead atoms. The second kappa shape index (κ2) is 3.97. The van der Waals surface area contributed by atoms with Gasteiger partial charge >= 0.3 is 0 Å². The molecule has 0 N–H and O–H groups in total. The lowest BCUT2D eigenvalue weighted by Gasteiger charge is -2.06. The largest absolute Gasteiger partial charge is 0.298 e. The van der Waals surface area contributed by atoms with Gasteiger partial charge in [-0.05, 0) is 12.1 Å². The standard InChI is InChI=1S/C11H11NO4S/c1-8(13)12-7-6-9-4-3-5-10(11(9)12)17(14,15)16-2/h3-7H,1-2H3. The highest BCUT2D eigenvalue weighted by atomic mass is 32.2. The molecule has 6 heteroatoms. The third-order valence-electron chi connectivity index (χ3n) is 2.50. The van der Waals surface area contributed by atoms with Crippen molar-refractivity contribution < 1.29 is 17.4 Å². The molecule has 0 atom stereocenters. The van der Waals surface area contributed by atoms with Crippen LogP contribution in [0, 0.1) is 0 Å². The van der Waals surface area contributed by atoms with Crippen LogP contribution < -0.4 is 0 Å². The Bertz CT molecular complexity index is 685. The third-order valence-corrected chi connectivity index (χ3v) is 3.81. The molecule has 1 aromatic heterocycles. The molecule has 0 saturated carbocycles. The van der Waals surface area contributed by atoms with Gasteiger partial charge in [-0.15, -0.1) is 0 Å². The van der Waals surface area contributed by atoms with Gasteiger partial charge in [-0.25, -0.2) is 0 Å². The summed E-state index contributed by atoms with van der Waals surface area (Å²) in [5, 5.41) is 0.679. The first kappa shape index (κ1) is 11.8. The predicted octanol–water partition coefficient (Wildman–Crippen LogP) is 1.64. The van der Waals surface area contributed by atoms with E-state index >= 15 is 0 Å². The summed E-state index contributed by atoms with van der Waals surface area (Å²) in [6, 6.07) is 6.45. The monoisotopic (exact) mass is 253 g/mol. The quantitative estimate of drug-likeness (QED) is 0.763. The van der Waals surface area contributed by atoms with E-state index in [0.29, 0.717) is 10.9 Å². The Balaban J connectivity index is 2.89. The van der Waals surface area contributed by atoms with E-state index in [1.807, 2.05) is 0 Å². The maximum atomic E-state index is 11.7. The number of nitrogens with zero attached hydrogens (tertiary/aromatic N) is 1. The molecule has 0 fully saturated rings. The fourth-order valence-electron chi connectivity index (χ4n) is 1.71. The van der Waals surface area contributed by atoms with Gasteiger partial charge in [0.05, 0.1) is 12.6 Å². The van der Waals surface area contributed by atoms with E-state index in [2.05, 4.69) is 4.18 Å². The zero-order valence-corrected chi connectivity index (χ0v) is 10.2.